The van der Waals surface area contributed by atoms with Crippen LogP contribution >= 0.6 is 0 Å². The van der Waals surface area contributed by atoms with Crippen LogP contribution in [0.5, 0.6) is 5.75 Å². The molecule has 0 atom stereocenters. The van der Waals surface area contributed by atoms with Crippen LogP contribution in [0.1, 0.15) is 16.7 Å². The highest BCUT2D eigenvalue weighted by molar-refractivity contribution is 5.47. The summed E-state index contributed by atoms with van der Waals surface area (Å²) in [5.74, 6) is -1.20. The Labute approximate surface area is 93.0 Å². The fourth-order valence-electron chi connectivity index (χ4n) is 1.41. The summed E-state index contributed by atoms with van der Waals surface area (Å²) < 4.78 is 79.5. The summed E-state index contributed by atoms with van der Waals surface area (Å²) in [5.41, 5.74) is -2.98. The molecule has 7 heteroatoms. The van der Waals surface area contributed by atoms with Gasteiger partial charge < -0.3 is 4.74 Å². The van der Waals surface area contributed by atoms with E-state index in [9.17, 15) is 26.3 Å². The average Bonchev–Trinajstić information content (AvgIpc) is 2.13. The molecular weight excluding hydrogens is 250 g/mol. The van der Waals surface area contributed by atoms with Crippen molar-refractivity contribution in [2.75, 3.05) is 7.11 Å². The molecule has 0 aliphatic carbocycles. The van der Waals surface area contributed by atoms with E-state index >= 15 is 0 Å². The van der Waals surface area contributed by atoms with Crippen molar-refractivity contribution in [1.29, 1.82) is 0 Å². The molecule has 0 fully saturated rings. The van der Waals surface area contributed by atoms with Crippen LogP contribution in [0.2, 0.25) is 0 Å². The van der Waals surface area contributed by atoms with Gasteiger partial charge in [-0.25, -0.2) is 0 Å². The number of ether oxygens (including phenoxy) is 1. The maximum atomic E-state index is 12.5. The van der Waals surface area contributed by atoms with Crippen molar-refractivity contribution in [1.82, 2.24) is 0 Å². The van der Waals surface area contributed by atoms with Gasteiger partial charge in [0.2, 0.25) is 0 Å². The molecule has 0 aliphatic heterocycles. The van der Waals surface area contributed by atoms with Crippen LogP contribution in [-0.2, 0) is 12.4 Å². The zero-order chi connectivity index (χ0) is 13.4. The minimum Gasteiger partial charge on any atom is -0.495 e. The quantitative estimate of drug-likeness (QED) is 0.691. The molecule has 0 N–H and O–H groups in total. The Hall–Kier alpha value is -1.40. The van der Waals surface area contributed by atoms with Crippen molar-refractivity contribution in [3.05, 3.63) is 28.8 Å². The van der Waals surface area contributed by atoms with Crippen LogP contribution in [0.4, 0.5) is 26.3 Å². The van der Waals surface area contributed by atoms with E-state index < -0.39 is 29.2 Å². The number of alkyl halides is 6. The predicted molar refractivity (Wildman–Crippen MR) is 47.7 cm³/mol. The lowest BCUT2D eigenvalue weighted by molar-refractivity contribution is -0.145. The Morgan fingerprint density at radius 2 is 1.24 bits per heavy atom. The van der Waals surface area contributed by atoms with Crippen LogP contribution in [0, 0.1) is 6.92 Å². The first-order valence-corrected chi connectivity index (χ1v) is 4.40. The molecule has 1 rings (SSSR count). The highest BCUT2D eigenvalue weighted by atomic mass is 19.4. The number of halogens is 6. The van der Waals surface area contributed by atoms with E-state index in [1.807, 2.05) is 0 Å². The minimum atomic E-state index is -4.89. The van der Waals surface area contributed by atoms with Gasteiger partial charge in [0.25, 0.3) is 0 Å². The smallest absolute Gasteiger partial charge is 0.419 e. The van der Waals surface area contributed by atoms with E-state index in [1.54, 1.807) is 0 Å². The third-order valence-electron chi connectivity index (χ3n) is 2.05. The van der Waals surface area contributed by atoms with E-state index in [1.165, 1.54) is 0 Å². The molecule has 0 amide bonds. The lowest BCUT2D eigenvalue weighted by Gasteiger charge is -2.18. The van der Waals surface area contributed by atoms with Crippen LogP contribution in [0.25, 0.3) is 0 Å². The molecule has 1 aromatic rings. The van der Waals surface area contributed by atoms with Gasteiger partial charge in [-0.05, 0) is 24.6 Å². The van der Waals surface area contributed by atoms with Gasteiger partial charge in [-0.1, -0.05) is 0 Å². The van der Waals surface area contributed by atoms with Crippen molar-refractivity contribution in [2.45, 2.75) is 19.3 Å². The van der Waals surface area contributed by atoms with Gasteiger partial charge in [0.1, 0.15) is 5.75 Å². The predicted octanol–water partition coefficient (Wildman–Crippen LogP) is 4.04. The van der Waals surface area contributed by atoms with Crippen LogP contribution < -0.4 is 4.74 Å². The van der Waals surface area contributed by atoms with Crippen LogP contribution in [-0.4, -0.2) is 7.11 Å². The van der Waals surface area contributed by atoms with Crippen molar-refractivity contribution >= 4 is 0 Å². The fourth-order valence-corrected chi connectivity index (χ4v) is 1.41. The Kier molecular flexibility index (Phi) is 3.31. The standard InChI is InChI=1S/C10H8F6O/c1-5-3-6(9(11,12)13)8(17-2)7(4-5)10(14,15)16/h3-4H,1-2H3. The number of aryl methyl sites for hydroxylation is 1. The summed E-state index contributed by atoms with van der Waals surface area (Å²) in [4.78, 5) is 0. The summed E-state index contributed by atoms with van der Waals surface area (Å²) in [6.45, 7) is 1.16. The van der Waals surface area contributed by atoms with Crippen molar-refractivity contribution in [3.8, 4) is 5.75 Å². The van der Waals surface area contributed by atoms with Gasteiger partial charge in [0.05, 0.1) is 18.2 Å². The van der Waals surface area contributed by atoms with Gasteiger partial charge in [0.15, 0.2) is 0 Å². The number of methoxy groups -OCH3 is 1. The summed E-state index contributed by atoms with van der Waals surface area (Å²) >= 11 is 0. The van der Waals surface area contributed by atoms with Crippen LogP contribution in [0.3, 0.4) is 0 Å². The first-order chi connectivity index (χ1) is 7.57. The third kappa shape index (κ3) is 2.83. The maximum absolute atomic E-state index is 12.5. The third-order valence-corrected chi connectivity index (χ3v) is 2.05. The molecule has 0 bridgehead atoms. The molecule has 96 valence electrons. The van der Waals surface area contributed by atoms with E-state index in [-0.39, 0.29) is 5.56 Å². The second-order valence-corrected chi connectivity index (χ2v) is 3.39. The van der Waals surface area contributed by atoms with Gasteiger partial charge in [-0.15, -0.1) is 0 Å². The second-order valence-electron chi connectivity index (χ2n) is 3.39. The second kappa shape index (κ2) is 4.12. The maximum Gasteiger partial charge on any atom is 0.419 e. The van der Waals surface area contributed by atoms with E-state index in [2.05, 4.69) is 4.74 Å². The largest absolute Gasteiger partial charge is 0.495 e. The fraction of sp³-hybridized carbons (Fsp3) is 0.400. The molecule has 0 saturated carbocycles. The van der Waals surface area contributed by atoms with E-state index in [4.69, 9.17) is 0 Å². The van der Waals surface area contributed by atoms with Crippen molar-refractivity contribution in [2.24, 2.45) is 0 Å². The molecule has 0 aromatic heterocycles. The minimum absolute atomic E-state index is 0.134. The Balaban J connectivity index is 3.58. The number of hydrogen-bond donors (Lipinski definition) is 0. The molecule has 0 radical (unpaired) electrons. The molecule has 0 unspecified atom stereocenters. The Morgan fingerprint density at radius 1 is 0.882 bits per heavy atom. The SMILES string of the molecule is COc1c(C(F)(F)F)cc(C)cc1C(F)(F)F. The molecule has 17 heavy (non-hydrogen) atoms. The lowest BCUT2D eigenvalue weighted by atomic mass is 10.0. The summed E-state index contributed by atoms with van der Waals surface area (Å²) in [5, 5.41) is 0. The first kappa shape index (κ1) is 13.7. The van der Waals surface area contributed by atoms with Gasteiger partial charge >= 0.3 is 12.4 Å². The molecule has 0 aliphatic rings. The van der Waals surface area contributed by atoms with E-state index in [0.29, 0.717) is 12.1 Å². The highest BCUT2D eigenvalue weighted by Crippen LogP contribution is 2.44. The normalized spacial score (nSPS) is 12.7. The summed E-state index contributed by atoms with van der Waals surface area (Å²) in [7, 11) is 0.773. The highest BCUT2D eigenvalue weighted by Gasteiger charge is 2.42. The Bertz CT molecular complexity index is 383. The van der Waals surface area contributed by atoms with Gasteiger partial charge in [0, 0.05) is 0 Å². The molecule has 0 saturated heterocycles. The summed E-state index contributed by atoms with van der Waals surface area (Å²) in [6, 6.07) is 1.24. The molecule has 0 spiro atoms. The summed E-state index contributed by atoms with van der Waals surface area (Å²) in [6.07, 6.45) is -9.78. The first-order valence-electron chi connectivity index (χ1n) is 4.40. The average molecular weight is 258 g/mol. The Morgan fingerprint density at radius 3 is 1.47 bits per heavy atom. The topological polar surface area (TPSA) is 9.23 Å². The zero-order valence-electron chi connectivity index (χ0n) is 8.83. The van der Waals surface area contributed by atoms with Crippen molar-refractivity contribution < 1.29 is 31.1 Å². The number of hydrogen-bond acceptors (Lipinski definition) is 1. The lowest BCUT2D eigenvalue weighted by Crippen LogP contribution is -2.14. The van der Waals surface area contributed by atoms with Crippen molar-refractivity contribution in [3.63, 3.8) is 0 Å². The monoisotopic (exact) mass is 258 g/mol. The molecule has 0 heterocycles. The van der Waals surface area contributed by atoms with E-state index in [0.717, 1.165) is 14.0 Å². The molecular formula is C10H8F6O. The van der Waals surface area contributed by atoms with Gasteiger partial charge in [-0.3, -0.25) is 0 Å². The molecule has 1 aromatic carbocycles. The zero-order valence-corrected chi connectivity index (χ0v) is 8.83. The molecule has 1 nitrogen and oxygen atoms in total. The van der Waals surface area contributed by atoms with Gasteiger partial charge in [-0.2, -0.15) is 26.3 Å². The number of rotatable bonds is 1. The van der Waals surface area contributed by atoms with Crippen LogP contribution in [0.15, 0.2) is 12.1 Å². The number of benzene rings is 1.